The van der Waals surface area contributed by atoms with Crippen LogP contribution in [0.5, 0.6) is 5.88 Å². The molecule has 0 saturated heterocycles. The van der Waals surface area contributed by atoms with Gasteiger partial charge in [0.1, 0.15) is 13.2 Å². The number of nitrogens with zero attached hydrogens (tertiary/aromatic N) is 1. The summed E-state index contributed by atoms with van der Waals surface area (Å²) in [7, 11) is 0. The van der Waals surface area contributed by atoms with Crippen LogP contribution in [-0.2, 0) is 9.53 Å². The topological polar surface area (TPSA) is 64.2 Å². The number of ether oxygens (including phenoxy) is 2. The minimum atomic E-state index is -0.451. The molecule has 0 aliphatic heterocycles. The number of hydrogen-bond donors (Lipinski definition) is 1. The molecule has 0 aromatic carbocycles. The molecule has 0 aliphatic carbocycles. The highest BCUT2D eigenvalue weighted by atomic mass is 16.6. The Kier molecular flexibility index (Phi) is 3.56. The van der Waals surface area contributed by atoms with E-state index in [2.05, 4.69) is 21.3 Å². The Labute approximate surface area is 75.4 Å². The molecule has 0 atom stereocenters. The van der Waals surface area contributed by atoms with Gasteiger partial charge in [0.25, 0.3) is 0 Å². The van der Waals surface area contributed by atoms with Gasteiger partial charge in [-0.1, -0.05) is 6.58 Å². The van der Waals surface area contributed by atoms with E-state index in [1.165, 1.54) is 12.5 Å². The first-order valence-corrected chi connectivity index (χ1v) is 3.73. The number of esters is 1. The van der Waals surface area contributed by atoms with E-state index in [9.17, 15) is 4.79 Å². The highest BCUT2D eigenvalue weighted by Gasteiger charge is 1.96. The molecule has 0 amide bonds. The van der Waals surface area contributed by atoms with E-state index in [4.69, 9.17) is 4.74 Å². The Bertz CT molecular complexity index is 269. The van der Waals surface area contributed by atoms with Crippen LogP contribution < -0.4 is 4.74 Å². The van der Waals surface area contributed by atoms with Crippen molar-refractivity contribution in [2.75, 3.05) is 13.2 Å². The molecule has 0 spiro atoms. The molecule has 0 radical (unpaired) electrons. The predicted octanol–water partition coefficient (Wildman–Crippen LogP) is 0.518. The first-order chi connectivity index (χ1) is 6.33. The van der Waals surface area contributed by atoms with E-state index in [1.54, 1.807) is 0 Å². The lowest BCUT2D eigenvalue weighted by atomic mass is 10.6. The third-order valence-electron chi connectivity index (χ3n) is 1.23. The number of hydrogen-bond acceptors (Lipinski definition) is 4. The van der Waals surface area contributed by atoms with Gasteiger partial charge in [-0.15, -0.1) is 0 Å². The van der Waals surface area contributed by atoms with E-state index in [0.29, 0.717) is 12.5 Å². The summed E-state index contributed by atoms with van der Waals surface area (Å²) in [6, 6.07) is 0. The summed E-state index contributed by atoms with van der Waals surface area (Å²) >= 11 is 0. The molecule has 0 unspecified atom stereocenters. The van der Waals surface area contributed by atoms with E-state index in [0.717, 1.165) is 6.08 Å². The summed E-state index contributed by atoms with van der Waals surface area (Å²) in [5.74, 6) is 0.0999. The lowest BCUT2D eigenvalue weighted by Crippen LogP contribution is -2.10. The van der Waals surface area contributed by atoms with Crippen LogP contribution in [0.3, 0.4) is 0 Å². The predicted molar refractivity (Wildman–Crippen MR) is 45.2 cm³/mol. The number of carbonyl (C=O) groups is 1. The zero-order valence-corrected chi connectivity index (χ0v) is 7.03. The monoisotopic (exact) mass is 182 g/mol. The molecule has 5 heteroatoms. The second-order valence-electron chi connectivity index (χ2n) is 2.14. The largest absolute Gasteiger partial charge is 0.474 e. The van der Waals surface area contributed by atoms with Crippen molar-refractivity contribution < 1.29 is 14.3 Å². The zero-order chi connectivity index (χ0) is 9.52. The lowest BCUT2D eigenvalue weighted by molar-refractivity contribution is -0.138. The molecule has 0 fully saturated rings. The zero-order valence-electron chi connectivity index (χ0n) is 7.03. The number of imidazole rings is 1. The van der Waals surface area contributed by atoms with Gasteiger partial charge in [0.2, 0.25) is 5.88 Å². The SMILES string of the molecule is C=CC(=O)OCCOc1cnc[nH]1. The maximum atomic E-state index is 10.6. The van der Waals surface area contributed by atoms with Crippen LogP contribution in [0.4, 0.5) is 0 Å². The molecular formula is C8H10N2O3. The Hall–Kier alpha value is -1.78. The smallest absolute Gasteiger partial charge is 0.330 e. The molecule has 0 bridgehead atoms. The van der Waals surface area contributed by atoms with Crippen LogP contribution in [0.1, 0.15) is 0 Å². The molecule has 1 rings (SSSR count). The number of nitrogens with one attached hydrogen (secondary N) is 1. The Balaban J connectivity index is 2.08. The third-order valence-corrected chi connectivity index (χ3v) is 1.23. The fourth-order valence-electron chi connectivity index (χ4n) is 0.675. The van der Waals surface area contributed by atoms with E-state index in [1.807, 2.05) is 0 Å². The molecule has 1 aromatic heterocycles. The molecule has 13 heavy (non-hydrogen) atoms. The molecule has 70 valence electrons. The molecule has 5 nitrogen and oxygen atoms in total. The van der Waals surface area contributed by atoms with E-state index in [-0.39, 0.29) is 6.61 Å². The highest BCUT2D eigenvalue weighted by molar-refractivity contribution is 5.81. The average Bonchev–Trinajstić information content (AvgIpc) is 2.64. The molecule has 1 N–H and O–H groups in total. The number of carbonyl (C=O) groups excluding carboxylic acids is 1. The molecule has 1 heterocycles. The summed E-state index contributed by atoms with van der Waals surface area (Å²) in [5.41, 5.74) is 0. The first kappa shape index (κ1) is 9.31. The highest BCUT2D eigenvalue weighted by Crippen LogP contribution is 2.00. The minimum absolute atomic E-state index is 0.198. The van der Waals surface area contributed by atoms with Gasteiger partial charge in [0, 0.05) is 6.08 Å². The van der Waals surface area contributed by atoms with Gasteiger partial charge in [-0.25, -0.2) is 9.78 Å². The maximum Gasteiger partial charge on any atom is 0.330 e. The van der Waals surface area contributed by atoms with Crippen LogP contribution in [0, 0.1) is 0 Å². The average molecular weight is 182 g/mol. The van der Waals surface area contributed by atoms with Crippen LogP contribution >= 0.6 is 0 Å². The third kappa shape index (κ3) is 3.42. The second kappa shape index (κ2) is 4.97. The van der Waals surface area contributed by atoms with Gasteiger partial charge in [0.05, 0.1) is 12.5 Å². The van der Waals surface area contributed by atoms with Crippen molar-refractivity contribution in [3.8, 4) is 5.88 Å². The molecule has 0 aliphatic rings. The van der Waals surface area contributed by atoms with Crippen LogP contribution in [0.25, 0.3) is 0 Å². The minimum Gasteiger partial charge on any atom is -0.474 e. The summed E-state index contributed by atoms with van der Waals surface area (Å²) in [6.07, 6.45) is 4.15. The number of rotatable bonds is 5. The number of aromatic amines is 1. The van der Waals surface area contributed by atoms with Crippen molar-refractivity contribution >= 4 is 5.97 Å². The number of aromatic nitrogens is 2. The normalized spacial score (nSPS) is 9.23. The van der Waals surface area contributed by atoms with Gasteiger partial charge in [0.15, 0.2) is 0 Å². The van der Waals surface area contributed by atoms with Gasteiger partial charge in [-0.2, -0.15) is 0 Å². The fraction of sp³-hybridized carbons (Fsp3) is 0.250. The molecule has 1 aromatic rings. The lowest BCUT2D eigenvalue weighted by Gasteiger charge is -2.02. The van der Waals surface area contributed by atoms with Crippen LogP contribution in [0.15, 0.2) is 25.2 Å². The van der Waals surface area contributed by atoms with Crippen molar-refractivity contribution in [2.45, 2.75) is 0 Å². The Morgan fingerprint density at radius 3 is 3.15 bits per heavy atom. The van der Waals surface area contributed by atoms with Gasteiger partial charge in [-0.05, 0) is 0 Å². The van der Waals surface area contributed by atoms with Gasteiger partial charge in [-0.3, -0.25) is 0 Å². The Morgan fingerprint density at radius 1 is 1.69 bits per heavy atom. The standard InChI is InChI=1S/C8H10N2O3/c1-2-8(11)13-4-3-12-7-5-9-6-10-7/h2,5-6H,1,3-4H2,(H,9,10). The van der Waals surface area contributed by atoms with Crippen LogP contribution in [0.2, 0.25) is 0 Å². The molecule has 0 saturated carbocycles. The quantitative estimate of drug-likeness (QED) is 0.409. The van der Waals surface area contributed by atoms with Gasteiger partial charge >= 0.3 is 5.97 Å². The fourth-order valence-corrected chi connectivity index (χ4v) is 0.675. The van der Waals surface area contributed by atoms with Crippen molar-refractivity contribution in [3.63, 3.8) is 0 Å². The van der Waals surface area contributed by atoms with Crippen molar-refractivity contribution in [1.82, 2.24) is 9.97 Å². The Morgan fingerprint density at radius 2 is 2.54 bits per heavy atom. The summed E-state index contributed by atoms with van der Waals surface area (Å²) < 4.78 is 9.78. The van der Waals surface area contributed by atoms with Crippen molar-refractivity contribution in [2.24, 2.45) is 0 Å². The van der Waals surface area contributed by atoms with E-state index >= 15 is 0 Å². The van der Waals surface area contributed by atoms with Gasteiger partial charge < -0.3 is 14.5 Å². The van der Waals surface area contributed by atoms with Crippen LogP contribution in [-0.4, -0.2) is 29.2 Å². The molecular weight excluding hydrogens is 172 g/mol. The maximum absolute atomic E-state index is 10.6. The summed E-state index contributed by atoms with van der Waals surface area (Å²) in [6.45, 7) is 3.75. The summed E-state index contributed by atoms with van der Waals surface area (Å²) in [5, 5.41) is 0. The first-order valence-electron chi connectivity index (χ1n) is 3.73. The number of H-pyrrole nitrogens is 1. The van der Waals surface area contributed by atoms with Crippen molar-refractivity contribution in [1.29, 1.82) is 0 Å². The van der Waals surface area contributed by atoms with E-state index < -0.39 is 5.97 Å². The van der Waals surface area contributed by atoms with Crippen molar-refractivity contribution in [3.05, 3.63) is 25.2 Å². The summed E-state index contributed by atoms with van der Waals surface area (Å²) in [4.78, 5) is 17.1. The second-order valence-corrected chi connectivity index (χ2v) is 2.14.